The lowest BCUT2D eigenvalue weighted by molar-refractivity contribution is 0.300. The molecule has 0 amide bonds. The van der Waals surface area contributed by atoms with Crippen LogP contribution < -0.4 is 5.06 Å². The zero-order chi connectivity index (χ0) is 19.5. The Labute approximate surface area is 170 Å². The van der Waals surface area contributed by atoms with Gasteiger partial charge in [-0.05, 0) is 46.5 Å². The minimum absolute atomic E-state index is 0.487. The van der Waals surface area contributed by atoms with Crippen molar-refractivity contribution in [2.45, 2.75) is 0 Å². The van der Waals surface area contributed by atoms with Gasteiger partial charge in [-0.3, -0.25) is 0 Å². The van der Waals surface area contributed by atoms with Gasteiger partial charge in [-0.15, -0.1) is 0 Å². The first-order chi connectivity index (χ1) is 14.4. The van der Waals surface area contributed by atoms with Crippen molar-refractivity contribution >= 4 is 11.6 Å². The first-order valence-electron chi connectivity index (χ1n) is 9.68. The smallest absolute Gasteiger partial charge is 0.250 e. The SMILES string of the molecule is c1ccc(-c2ccc(C3=NCN(c4ccc(-c5ccccc5)cc4)O3)cc2)cc1. The van der Waals surface area contributed by atoms with E-state index >= 15 is 0 Å². The van der Waals surface area contributed by atoms with Gasteiger partial charge in [0.2, 0.25) is 0 Å². The maximum atomic E-state index is 6.01. The van der Waals surface area contributed by atoms with E-state index in [2.05, 4.69) is 89.9 Å². The third-order valence-electron chi connectivity index (χ3n) is 5.04. The number of hydrogen-bond donors (Lipinski definition) is 0. The molecule has 29 heavy (non-hydrogen) atoms. The molecular weight excluding hydrogens is 356 g/mol. The number of nitrogens with zero attached hydrogens (tertiary/aromatic N) is 2. The molecule has 1 aliphatic heterocycles. The Hall–Kier alpha value is -3.85. The zero-order valence-corrected chi connectivity index (χ0v) is 15.9. The van der Waals surface area contributed by atoms with Crippen molar-refractivity contribution in [3.8, 4) is 22.3 Å². The second-order valence-electron chi connectivity index (χ2n) is 6.93. The average Bonchev–Trinajstić information content (AvgIpc) is 3.31. The van der Waals surface area contributed by atoms with Crippen LogP contribution in [0.1, 0.15) is 5.56 Å². The Morgan fingerprint density at radius 1 is 0.517 bits per heavy atom. The Bertz CT molecular complexity index is 1120. The molecule has 0 aromatic heterocycles. The average molecular weight is 376 g/mol. The highest BCUT2D eigenvalue weighted by molar-refractivity contribution is 5.96. The summed E-state index contributed by atoms with van der Waals surface area (Å²) in [5.41, 5.74) is 6.75. The Morgan fingerprint density at radius 3 is 1.52 bits per heavy atom. The predicted molar refractivity (Wildman–Crippen MR) is 119 cm³/mol. The quantitative estimate of drug-likeness (QED) is 0.425. The first kappa shape index (κ1) is 17.3. The minimum atomic E-state index is 0.487. The van der Waals surface area contributed by atoms with Gasteiger partial charge < -0.3 is 4.84 Å². The molecule has 0 unspecified atom stereocenters. The molecule has 4 aromatic rings. The zero-order valence-electron chi connectivity index (χ0n) is 15.9. The Morgan fingerprint density at radius 2 is 0.966 bits per heavy atom. The molecule has 4 aromatic carbocycles. The van der Waals surface area contributed by atoms with Crippen LogP contribution in [0.2, 0.25) is 0 Å². The van der Waals surface area contributed by atoms with E-state index in [4.69, 9.17) is 4.84 Å². The van der Waals surface area contributed by atoms with Crippen molar-refractivity contribution in [1.82, 2.24) is 0 Å². The molecule has 0 bridgehead atoms. The first-order valence-corrected chi connectivity index (χ1v) is 9.68. The normalized spacial score (nSPS) is 13.1. The van der Waals surface area contributed by atoms with Crippen LogP contribution in [-0.4, -0.2) is 12.6 Å². The molecule has 0 radical (unpaired) electrons. The van der Waals surface area contributed by atoms with Gasteiger partial charge in [0, 0.05) is 5.56 Å². The fourth-order valence-electron chi connectivity index (χ4n) is 3.46. The Balaban J connectivity index is 1.29. The highest BCUT2D eigenvalue weighted by atomic mass is 16.7. The van der Waals surface area contributed by atoms with Gasteiger partial charge in [0.25, 0.3) is 5.90 Å². The Kier molecular flexibility index (Phi) is 4.55. The van der Waals surface area contributed by atoms with E-state index in [1.54, 1.807) is 0 Å². The van der Waals surface area contributed by atoms with E-state index < -0.39 is 0 Å². The predicted octanol–water partition coefficient (Wildman–Crippen LogP) is 6.18. The molecular formula is C26H20N2O. The van der Waals surface area contributed by atoms with E-state index in [1.807, 2.05) is 29.3 Å². The van der Waals surface area contributed by atoms with Crippen LogP contribution in [0.3, 0.4) is 0 Å². The monoisotopic (exact) mass is 376 g/mol. The lowest BCUT2D eigenvalue weighted by atomic mass is 10.0. The number of benzene rings is 4. The fraction of sp³-hybridized carbons (Fsp3) is 0.0385. The van der Waals surface area contributed by atoms with Gasteiger partial charge in [-0.1, -0.05) is 84.9 Å². The molecule has 1 aliphatic rings. The third-order valence-corrected chi connectivity index (χ3v) is 5.04. The van der Waals surface area contributed by atoms with E-state index in [1.165, 1.54) is 22.3 Å². The highest BCUT2D eigenvalue weighted by Crippen LogP contribution is 2.26. The van der Waals surface area contributed by atoms with Crippen molar-refractivity contribution in [2.75, 3.05) is 11.7 Å². The molecule has 140 valence electrons. The van der Waals surface area contributed by atoms with Gasteiger partial charge in [0.05, 0.1) is 5.69 Å². The maximum Gasteiger partial charge on any atom is 0.250 e. The molecule has 0 saturated heterocycles. The molecule has 3 heteroatoms. The van der Waals surface area contributed by atoms with Crippen LogP contribution in [0.5, 0.6) is 0 Å². The molecule has 0 aliphatic carbocycles. The highest BCUT2D eigenvalue weighted by Gasteiger charge is 2.19. The molecule has 1 heterocycles. The molecule has 0 saturated carbocycles. The third kappa shape index (κ3) is 3.63. The van der Waals surface area contributed by atoms with Crippen LogP contribution in [0.25, 0.3) is 22.3 Å². The number of aliphatic imine (C=N–C) groups is 1. The fourth-order valence-corrected chi connectivity index (χ4v) is 3.46. The number of rotatable bonds is 4. The molecule has 0 N–H and O–H groups in total. The van der Waals surface area contributed by atoms with Crippen molar-refractivity contribution in [3.63, 3.8) is 0 Å². The van der Waals surface area contributed by atoms with Gasteiger partial charge in [-0.25, -0.2) is 4.99 Å². The summed E-state index contributed by atoms with van der Waals surface area (Å²) in [6.07, 6.45) is 0. The summed E-state index contributed by atoms with van der Waals surface area (Å²) >= 11 is 0. The van der Waals surface area contributed by atoms with Gasteiger partial charge >= 0.3 is 0 Å². The van der Waals surface area contributed by atoms with Crippen LogP contribution in [0.4, 0.5) is 5.69 Å². The van der Waals surface area contributed by atoms with Crippen molar-refractivity contribution in [2.24, 2.45) is 4.99 Å². The molecule has 3 nitrogen and oxygen atoms in total. The summed E-state index contributed by atoms with van der Waals surface area (Å²) in [6, 6.07) is 37.4. The van der Waals surface area contributed by atoms with Crippen molar-refractivity contribution in [3.05, 3.63) is 115 Å². The minimum Gasteiger partial charge on any atom is -0.357 e. The largest absolute Gasteiger partial charge is 0.357 e. The summed E-state index contributed by atoms with van der Waals surface area (Å²) < 4.78 is 0. The summed E-state index contributed by atoms with van der Waals surface area (Å²) in [5, 5.41) is 1.81. The standard InChI is InChI=1S/C26H20N2O/c1-3-7-20(8-4-1)22-11-13-24(14-12-22)26-27-19-28(29-26)25-17-15-23(16-18-25)21-9-5-2-6-10-21/h1-18H,19H2. The number of hydrogen-bond acceptors (Lipinski definition) is 3. The van der Waals surface area contributed by atoms with Crippen LogP contribution in [0, 0.1) is 0 Å². The van der Waals surface area contributed by atoms with Crippen LogP contribution >= 0.6 is 0 Å². The van der Waals surface area contributed by atoms with Gasteiger partial charge in [0.15, 0.2) is 0 Å². The molecule has 0 fully saturated rings. The topological polar surface area (TPSA) is 24.8 Å². The van der Waals surface area contributed by atoms with Gasteiger partial charge in [0.1, 0.15) is 6.67 Å². The molecule has 5 rings (SSSR count). The summed E-state index contributed by atoms with van der Waals surface area (Å²) in [6.45, 7) is 0.487. The molecule has 0 atom stereocenters. The van der Waals surface area contributed by atoms with Crippen molar-refractivity contribution < 1.29 is 4.84 Å². The summed E-state index contributed by atoms with van der Waals surface area (Å²) in [4.78, 5) is 10.6. The number of hydroxylamine groups is 1. The van der Waals surface area contributed by atoms with Gasteiger partial charge in [-0.2, -0.15) is 5.06 Å². The van der Waals surface area contributed by atoms with Crippen LogP contribution in [-0.2, 0) is 4.84 Å². The second kappa shape index (κ2) is 7.64. The van der Waals surface area contributed by atoms with E-state index in [9.17, 15) is 0 Å². The van der Waals surface area contributed by atoms with E-state index in [0.717, 1.165) is 11.3 Å². The van der Waals surface area contributed by atoms with E-state index in [0.29, 0.717) is 12.6 Å². The lowest BCUT2D eigenvalue weighted by Gasteiger charge is -2.17. The van der Waals surface area contributed by atoms with Crippen molar-refractivity contribution in [1.29, 1.82) is 0 Å². The second-order valence-corrected chi connectivity index (χ2v) is 6.93. The lowest BCUT2D eigenvalue weighted by Crippen LogP contribution is -2.19. The summed E-state index contributed by atoms with van der Waals surface area (Å²) in [5.74, 6) is 0.650. The van der Waals surface area contributed by atoms with E-state index in [-0.39, 0.29) is 0 Å². The summed E-state index contributed by atoms with van der Waals surface area (Å²) in [7, 11) is 0. The maximum absolute atomic E-state index is 6.01. The number of anilines is 1. The van der Waals surface area contributed by atoms with Crippen LogP contribution in [0.15, 0.2) is 114 Å². The molecule has 0 spiro atoms.